The summed E-state index contributed by atoms with van der Waals surface area (Å²) in [5.41, 5.74) is 7.76. The van der Waals surface area contributed by atoms with Crippen LogP contribution in [-0.2, 0) is 5.75 Å². The molecular weight excluding hydrogens is 282 g/mol. The van der Waals surface area contributed by atoms with Crippen LogP contribution in [0, 0.1) is 0 Å². The average Bonchev–Trinajstić information content (AvgIpc) is 2.52. The fourth-order valence-electron chi connectivity index (χ4n) is 1.91. The minimum absolute atomic E-state index is 0.678. The maximum Gasteiger partial charge on any atom is 0.162 e. The van der Waals surface area contributed by atoms with Crippen LogP contribution in [0.2, 0.25) is 0 Å². The third-order valence-electron chi connectivity index (χ3n) is 2.99. The third kappa shape index (κ3) is 5.23. The molecule has 2 aromatic carbocycles. The van der Waals surface area contributed by atoms with Crippen LogP contribution in [-0.4, -0.2) is 19.5 Å². The number of methoxy groups -OCH3 is 1. The lowest BCUT2D eigenvalue weighted by Gasteiger charge is -2.11. The Labute approximate surface area is 130 Å². The van der Waals surface area contributed by atoms with Crippen LogP contribution in [0.25, 0.3) is 0 Å². The standard InChI is InChI=1S/C17H21NO2S/c1-19-17-12-15(18)8-9-16(17)20-10-5-11-21-13-14-6-3-2-4-7-14/h2-4,6-9,12H,5,10-11,13,18H2,1H3. The number of hydrogen-bond donors (Lipinski definition) is 1. The van der Waals surface area contributed by atoms with Crippen LogP contribution in [0.5, 0.6) is 11.5 Å². The number of anilines is 1. The van der Waals surface area contributed by atoms with Crippen LogP contribution >= 0.6 is 11.8 Å². The lowest BCUT2D eigenvalue weighted by atomic mass is 10.2. The Morgan fingerprint density at radius 1 is 1.05 bits per heavy atom. The fraction of sp³-hybridized carbons (Fsp3) is 0.294. The molecule has 0 saturated heterocycles. The smallest absolute Gasteiger partial charge is 0.162 e. The number of nitrogens with two attached hydrogens (primary N) is 1. The third-order valence-corrected chi connectivity index (χ3v) is 4.10. The van der Waals surface area contributed by atoms with E-state index in [4.69, 9.17) is 15.2 Å². The Bertz CT molecular complexity index is 546. The molecule has 0 bridgehead atoms. The van der Waals surface area contributed by atoms with E-state index in [1.807, 2.05) is 30.0 Å². The zero-order valence-electron chi connectivity index (χ0n) is 12.2. The van der Waals surface area contributed by atoms with Gasteiger partial charge in [0.05, 0.1) is 13.7 Å². The fourth-order valence-corrected chi connectivity index (χ4v) is 2.81. The lowest BCUT2D eigenvalue weighted by molar-refractivity contribution is 0.295. The van der Waals surface area contributed by atoms with Crippen molar-refractivity contribution in [2.45, 2.75) is 12.2 Å². The molecule has 0 spiro atoms. The van der Waals surface area contributed by atoms with Gasteiger partial charge in [-0.05, 0) is 29.9 Å². The van der Waals surface area contributed by atoms with Crippen molar-refractivity contribution >= 4 is 17.4 Å². The molecule has 0 aliphatic heterocycles. The molecule has 2 N–H and O–H groups in total. The molecule has 4 heteroatoms. The topological polar surface area (TPSA) is 44.5 Å². The van der Waals surface area contributed by atoms with E-state index in [9.17, 15) is 0 Å². The van der Waals surface area contributed by atoms with Crippen molar-refractivity contribution in [3.05, 3.63) is 54.1 Å². The zero-order valence-corrected chi connectivity index (χ0v) is 13.1. The summed E-state index contributed by atoms with van der Waals surface area (Å²) in [5, 5.41) is 0. The number of thioether (sulfide) groups is 1. The van der Waals surface area contributed by atoms with Gasteiger partial charge < -0.3 is 15.2 Å². The second-order valence-corrected chi connectivity index (χ2v) is 5.76. The molecule has 2 aromatic rings. The van der Waals surface area contributed by atoms with Gasteiger partial charge in [-0.15, -0.1) is 0 Å². The van der Waals surface area contributed by atoms with Gasteiger partial charge in [0, 0.05) is 17.5 Å². The van der Waals surface area contributed by atoms with E-state index in [1.165, 1.54) is 5.56 Å². The van der Waals surface area contributed by atoms with E-state index in [1.54, 1.807) is 13.2 Å². The lowest BCUT2D eigenvalue weighted by Crippen LogP contribution is -2.01. The number of rotatable bonds is 8. The van der Waals surface area contributed by atoms with Gasteiger partial charge in [0.1, 0.15) is 0 Å². The first-order chi connectivity index (χ1) is 10.3. The Morgan fingerprint density at radius 2 is 1.86 bits per heavy atom. The van der Waals surface area contributed by atoms with Crippen molar-refractivity contribution < 1.29 is 9.47 Å². The van der Waals surface area contributed by atoms with Gasteiger partial charge in [0.25, 0.3) is 0 Å². The molecule has 0 aliphatic carbocycles. The minimum atomic E-state index is 0.678. The Hall–Kier alpha value is -1.81. The molecule has 3 nitrogen and oxygen atoms in total. The molecule has 2 rings (SSSR count). The second-order valence-electron chi connectivity index (χ2n) is 4.65. The SMILES string of the molecule is COc1cc(N)ccc1OCCCSCc1ccccc1. The first-order valence-corrected chi connectivity index (χ1v) is 8.13. The Balaban J connectivity index is 1.66. The Morgan fingerprint density at radius 3 is 2.62 bits per heavy atom. The highest BCUT2D eigenvalue weighted by Crippen LogP contribution is 2.29. The highest BCUT2D eigenvalue weighted by atomic mass is 32.2. The molecule has 0 unspecified atom stereocenters. The van der Waals surface area contributed by atoms with E-state index in [2.05, 4.69) is 24.3 Å². The molecule has 0 radical (unpaired) electrons. The van der Waals surface area contributed by atoms with Crippen molar-refractivity contribution in [1.29, 1.82) is 0 Å². The van der Waals surface area contributed by atoms with Crippen molar-refractivity contribution in [3.63, 3.8) is 0 Å². The maximum absolute atomic E-state index is 5.74. The number of ether oxygens (including phenoxy) is 2. The predicted octanol–water partition coefficient (Wildman–Crippen LogP) is 3.98. The highest BCUT2D eigenvalue weighted by molar-refractivity contribution is 7.98. The summed E-state index contributed by atoms with van der Waals surface area (Å²) < 4.78 is 11.0. The van der Waals surface area contributed by atoms with Crippen LogP contribution in [0.15, 0.2) is 48.5 Å². The highest BCUT2D eigenvalue weighted by Gasteiger charge is 2.04. The Kier molecular flexibility index (Phi) is 6.28. The summed E-state index contributed by atoms with van der Waals surface area (Å²) in [6.45, 7) is 0.683. The summed E-state index contributed by atoms with van der Waals surface area (Å²) in [6.07, 6.45) is 1.00. The molecule has 0 atom stereocenters. The van der Waals surface area contributed by atoms with Gasteiger partial charge >= 0.3 is 0 Å². The van der Waals surface area contributed by atoms with Crippen molar-refractivity contribution in [1.82, 2.24) is 0 Å². The van der Waals surface area contributed by atoms with Gasteiger partial charge in [-0.2, -0.15) is 11.8 Å². The summed E-state index contributed by atoms with van der Waals surface area (Å²) in [5.74, 6) is 3.56. The van der Waals surface area contributed by atoms with Gasteiger partial charge in [0.15, 0.2) is 11.5 Å². The normalized spacial score (nSPS) is 10.3. The average molecular weight is 303 g/mol. The summed E-state index contributed by atoms with van der Waals surface area (Å²) in [6, 6.07) is 16.0. The van der Waals surface area contributed by atoms with Gasteiger partial charge in [0.2, 0.25) is 0 Å². The van der Waals surface area contributed by atoms with Gasteiger partial charge in [-0.3, -0.25) is 0 Å². The largest absolute Gasteiger partial charge is 0.493 e. The number of benzene rings is 2. The van der Waals surface area contributed by atoms with Crippen molar-refractivity contribution in [2.75, 3.05) is 25.2 Å². The van der Waals surface area contributed by atoms with E-state index in [0.717, 1.165) is 23.7 Å². The summed E-state index contributed by atoms with van der Waals surface area (Å²) in [4.78, 5) is 0. The van der Waals surface area contributed by atoms with Gasteiger partial charge in [-0.25, -0.2) is 0 Å². The minimum Gasteiger partial charge on any atom is -0.493 e. The van der Waals surface area contributed by atoms with E-state index >= 15 is 0 Å². The first kappa shape index (κ1) is 15.6. The van der Waals surface area contributed by atoms with Crippen LogP contribution in [0.3, 0.4) is 0 Å². The summed E-state index contributed by atoms with van der Waals surface area (Å²) >= 11 is 1.92. The summed E-state index contributed by atoms with van der Waals surface area (Å²) in [7, 11) is 1.62. The van der Waals surface area contributed by atoms with E-state index < -0.39 is 0 Å². The number of nitrogen functional groups attached to an aromatic ring is 1. The molecule has 0 fully saturated rings. The van der Waals surface area contributed by atoms with Gasteiger partial charge in [-0.1, -0.05) is 30.3 Å². The molecule has 112 valence electrons. The quantitative estimate of drug-likeness (QED) is 0.592. The van der Waals surface area contributed by atoms with Crippen LogP contribution in [0.4, 0.5) is 5.69 Å². The van der Waals surface area contributed by atoms with E-state index in [-0.39, 0.29) is 0 Å². The van der Waals surface area contributed by atoms with Crippen molar-refractivity contribution in [2.24, 2.45) is 0 Å². The predicted molar refractivity (Wildman–Crippen MR) is 90.1 cm³/mol. The molecule has 0 saturated carbocycles. The molecule has 0 amide bonds. The van der Waals surface area contributed by atoms with E-state index in [0.29, 0.717) is 18.0 Å². The molecular formula is C17H21NO2S. The second kappa shape index (κ2) is 8.47. The first-order valence-electron chi connectivity index (χ1n) is 6.97. The van der Waals surface area contributed by atoms with Crippen LogP contribution in [0.1, 0.15) is 12.0 Å². The molecule has 0 aliphatic rings. The molecule has 0 aromatic heterocycles. The maximum atomic E-state index is 5.74. The monoisotopic (exact) mass is 303 g/mol. The molecule has 21 heavy (non-hydrogen) atoms. The number of hydrogen-bond acceptors (Lipinski definition) is 4. The van der Waals surface area contributed by atoms with Crippen LogP contribution < -0.4 is 15.2 Å². The molecule has 0 heterocycles. The van der Waals surface area contributed by atoms with Crippen molar-refractivity contribution in [3.8, 4) is 11.5 Å². The zero-order chi connectivity index (χ0) is 14.9.